The van der Waals surface area contributed by atoms with E-state index in [0.29, 0.717) is 52.3 Å². The number of Topliss-reactive ketones (excluding diaryl/α,β-unsaturated/α-hetero) is 1. The molecular formula is C35H35Cl2F2N5O3. The van der Waals surface area contributed by atoms with Crippen molar-refractivity contribution in [1.82, 2.24) is 19.9 Å². The molecule has 246 valence electrons. The van der Waals surface area contributed by atoms with Gasteiger partial charge in [0.1, 0.15) is 23.3 Å². The van der Waals surface area contributed by atoms with Crippen LogP contribution in [-0.2, 0) is 28.4 Å². The summed E-state index contributed by atoms with van der Waals surface area (Å²) in [6.45, 7) is 1.99. The third-order valence-electron chi connectivity index (χ3n) is 9.04. The molecule has 2 fully saturated rings. The van der Waals surface area contributed by atoms with Gasteiger partial charge in [-0.15, -0.1) is 0 Å². The Labute approximate surface area is 282 Å². The van der Waals surface area contributed by atoms with E-state index < -0.39 is 5.97 Å². The topological polar surface area (TPSA) is 121 Å². The van der Waals surface area contributed by atoms with E-state index in [-0.39, 0.29) is 34.8 Å². The molecule has 0 bridgehead atoms. The number of carbonyl (C=O) groups is 2. The van der Waals surface area contributed by atoms with Crippen molar-refractivity contribution in [2.45, 2.75) is 69.1 Å². The van der Waals surface area contributed by atoms with E-state index >= 15 is 0 Å². The standard InChI is InChI=1S/C18H18ClFN2O2.C17H17ClFN3O/c1-2-24-17(23)12-10-21-16(22-11-12)9-18(6-3-7-18)14-8-13(20)4-5-15(14)19;18-14-3-2-12(19)6-13(14)17(4-1-5-17)7-16-21-9-11(10-22-16)15(23)8-20/h4-5,8,10-11H,2-3,6-7,9H2,1H3;2-3,6,9-10H,1,4-5,7-8,20H2. The number of ketones is 1. The first-order valence-corrected chi connectivity index (χ1v) is 16.3. The molecule has 0 aliphatic heterocycles. The Hall–Kier alpha value is -3.86. The zero-order valence-electron chi connectivity index (χ0n) is 25.9. The van der Waals surface area contributed by atoms with Gasteiger partial charge in [0.15, 0.2) is 5.78 Å². The van der Waals surface area contributed by atoms with Gasteiger partial charge in [-0.1, -0.05) is 36.0 Å². The van der Waals surface area contributed by atoms with Gasteiger partial charge in [0.2, 0.25) is 0 Å². The predicted octanol–water partition coefficient (Wildman–Crippen LogP) is 7.19. The average molecular weight is 683 g/mol. The van der Waals surface area contributed by atoms with Crippen molar-refractivity contribution in [3.05, 3.63) is 117 Å². The summed E-state index contributed by atoms with van der Waals surface area (Å²) in [5.41, 5.74) is 7.23. The van der Waals surface area contributed by atoms with Crippen molar-refractivity contribution >= 4 is 35.0 Å². The first-order valence-electron chi connectivity index (χ1n) is 15.5. The van der Waals surface area contributed by atoms with Crippen LogP contribution in [0.1, 0.15) is 88.9 Å². The van der Waals surface area contributed by atoms with Gasteiger partial charge in [0, 0.05) is 58.5 Å². The Morgan fingerprint density at radius 3 is 1.55 bits per heavy atom. The largest absolute Gasteiger partial charge is 0.462 e. The fraction of sp³-hybridized carbons (Fsp3) is 0.371. The molecule has 8 nitrogen and oxygen atoms in total. The number of hydrogen-bond acceptors (Lipinski definition) is 8. The number of aromatic nitrogens is 4. The Morgan fingerprint density at radius 2 is 1.19 bits per heavy atom. The molecule has 0 unspecified atom stereocenters. The van der Waals surface area contributed by atoms with E-state index in [0.717, 1.165) is 49.7 Å². The van der Waals surface area contributed by atoms with Crippen molar-refractivity contribution in [3.63, 3.8) is 0 Å². The monoisotopic (exact) mass is 681 g/mol. The van der Waals surface area contributed by atoms with Crippen LogP contribution in [0.5, 0.6) is 0 Å². The van der Waals surface area contributed by atoms with Crippen LogP contribution in [0, 0.1) is 11.6 Å². The van der Waals surface area contributed by atoms with Gasteiger partial charge in [-0.3, -0.25) is 4.79 Å². The fourth-order valence-electron chi connectivity index (χ4n) is 6.18. The highest BCUT2D eigenvalue weighted by Crippen LogP contribution is 2.49. The Kier molecular flexibility index (Phi) is 10.9. The quantitative estimate of drug-likeness (QED) is 0.138. The molecule has 2 aliphatic carbocycles. The summed E-state index contributed by atoms with van der Waals surface area (Å²) >= 11 is 12.6. The van der Waals surface area contributed by atoms with Crippen LogP contribution in [0.4, 0.5) is 8.78 Å². The van der Waals surface area contributed by atoms with Crippen LogP contribution in [0.15, 0.2) is 61.2 Å². The third-order valence-corrected chi connectivity index (χ3v) is 9.70. The van der Waals surface area contributed by atoms with Crippen LogP contribution in [0.3, 0.4) is 0 Å². The maximum atomic E-state index is 13.6. The van der Waals surface area contributed by atoms with Crippen molar-refractivity contribution in [2.24, 2.45) is 5.73 Å². The minimum absolute atomic E-state index is 0.0639. The summed E-state index contributed by atoms with van der Waals surface area (Å²) < 4.78 is 32.2. The smallest absolute Gasteiger partial charge is 0.341 e. The molecule has 2 aliphatic rings. The van der Waals surface area contributed by atoms with Gasteiger partial charge >= 0.3 is 5.97 Å². The first kappa shape index (κ1) is 34.5. The van der Waals surface area contributed by atoms with E-state index in [9.17, 15) is 18.4 Å². The number of ether oxygens (including phenoxy) is 1. The maximum Gasteiger partial charge on any atom is 0.341 e. The van der Waals surface area contributed by atoms with Gasteiger partial charge < -0.3 is 10.5 Å². The number of nitrogens with zero attached hydrogens (tertiary/aromatic N) is 4. The van der Waals surface area contributed by atoms with Gasteiger partial charge in [0.05, 0.1) is 24.3 Å². The van der Waals surface area contributed by atoms with Gasteiger partial charge in [-0.25, -0.2) is 33.5 Å². The van der Waals surface area contributed by atoms with E-state index in [1.54, 1.807) is 19.1 Å². The number of benzene rings is 2. The Balaban J connectivity index is 0.000000185. The maximum absolute atomic E-state index is 13.6. The molecule has 2 aromatic heterocycles. The Morgan fingerprint density at radius 1 is 0.766 bits per heavy atom. The molecule has 2 aromatic carbocycles. The van der Waals surface area contributed by atoms with Crippen LogP contribution in [0.25, 0.3) is 0 Å². The fourth-order valence-corrected chi connectivity index (χ4v) is 6.81. The second-order valence-corrected chi connectivity index (χ2v) is 12.8. The molecule has 0 radical (unpaired) electrons. The zero-order chi connectivity index (χ0) is 33.6. The van der Waals surface area contributed by atoms with E-state index in [1.165, 1.54) is 49.1 Å². The molecule has 0 spiro atoms. The van der Waals surface area contributed by atoms with Gasteiger partial charge in [-0.05, 0) is 80.1 Å². The van der Waals surface area contributed by atoms with Gasteiger partial charge in [0.25, 0.3) is 0 Å². The molecule has 0 amide bonds. The van der Waals surface area contributed by atoms with E-state index in [2.05, 4.69) is 19.9 Å². The molecule has 47 heavy (non-hydrogen) atoms. The van der Waals surface area contributed by atoms with Gasteiger partial charge in [-0.2, -0.15) is 0 Å². The van der Waals surface area contributed by atoms with Crippen molar-refractivity contribution < 1.29 is 23.1 Å². The molecule has 0 atom stereocenters. The summed E-state index contributed by atoms with van der Waals surface area (Å²) in [6, 6.07) is 8.93. The summed E-state index contributed by atoms with van der Waals surface area (Å²) in [6.07, 6.45) is 12.9. The molecule has 6 rings (SSSR count). The normalized spacial score (nSPS) is 15.8. The number of nitrogens with two attached hydrogens (primary N) is 1. The molecule has 12 heteroatoms. The van der Waals surface area contributed by atoms with Crippen LogP contribution >= 0.6 is 23.2 Å². The lowest BCUT2D eigenvalue weighted by molar-refractivity contribution is 0.0525. The lowest BCUT2D eigenvalue weighted by atomic mass is 9.62. The average Bonchev–Trinajstić information content (AvgIpc) is 3.04. The SMILES string of the molecule is CCOC(=O)c1cnc(CC2(c3cc(F)ccc3Cl)CCC2)nc1.NCC(=O)c1cnc(CC2(c3cc(F)ccc3Cl)CCC2)nc1. The first-order chi connectivity index (χ1) is 22.6. The van der Waals surface area contributed by atoms with E-state index in [1.807, 2.05) is 0 Å². The highest BCUT2D eigenvalue weighted by atomic mass is 35.5. The molecule has 2 saturated carbocycles. The summed E-state index contributed by atoms with van der Waals surface area (Å²) in [5.74, 6) is 0.0278. The highest BCUT2D eigenvalue weighted by Gasteiger charge is 2.42. The van der Waals surface area contributed by atoms with Crippen LogP contribution < -0.4 is 5.73 Å². The predicted molar refractivity (Wildman–Crippen MR) is 175 cm³/mol. The van der Waals surface area contributed by atoms with E-state index in [4.69, 9.17) is 33.7 Å². The van der Waals surface area contributed by atoms with Crippen molar-refractivity contribution in [1.29, 1.82) is 0 Å². The number of hydrogen-bond donors (Lipinski definition) is 1. The van der Waals surface area contributed by atoms with Crippen LogP contribution in [0.2, 0.25) is 10.0 Å². The minimum Gasteiger partial charge on any atom is -0.462 e. The number of carbonyl (C=O) groups excluding carboxylic acids is 2. The van der Waals surface area contributed by atoms with Crippen LogP contribution in [-0.4, -0.2) is 44.8 Å². The molecular weight excluding hydrogens is 647 g/mol. The summed E-state index contributed by atoms with van der Waals surface area (Å²) in [7, 11) is 0. The van der Waals surface area contributed by atoms with Crippen molar-refractivity contribution in [2.75, 3.05) is 13.2 Å². The number of rotatable bonds is 10. The van der Waals surface area contributed by atoms with Crippen molar-refractivity contribution in [3.8, 4) is 0 Å². The Bertz CT molecular complexity index is 1730. The molecule has 2 heterocycles. The zero-order valence-corrected chi connectivity index (χ0v) is 27.5. The molecule has 0 saturated heterocycles. The lowest BCUT2D eigenvalue weighted by Gasteiger charge is -2.42. The molecule has 4 aromatic rings. The number of esters is 1. The summed E-state index contributed by atoms with van der Waals surface area (Å²) in [5, 5.41) is 1.14. The minimum atomic E-state index is -0.435. The second kappa shape index (κ2) is 14.9. The third kappa shape index (κ3) is 7.83. The second-order valence-electron chi connectivity index (χ2n) is 12.0. The number of halogens is 4. The summed E-state index contributed by atoms with van der Waals surface area (Å²) in [4.78, 5) is 40.3. The highest BCUT2D eigenvalue weighted by molar-refractivity contribution is 6.31. The lowest BCUT2D eigenvalue weighted by Crippen LogP contribution is -2.37. The molecule has 2 N–H and O–H groups in total.